The standard InChI is InChI=1S/C23H25ClN2O3/c1-23-11-12-25(2)22(23)26(3)19-9-6-16(14-18(19)23)20(27)21(28)29-13-10-15-4-7-17(24)8-5-15/h4-9,14,22H,10-13H2,1-3H3. The molecule has 2 heterocycles. The van der Waals surface area contributed by atoms with Crippen LogP contribution in [0.1, 0.15) is 34.8 Å². The fourth-order valence-electron chi connectivity index (χ4n) is 4.81. The van der Waals surface area contributed by atoms with Gasteiger partial charge in [-0.2, -0.15) is 0 Å². The van der Waals surface area contributed by atoms with E-state index in [0.717, 1.165) is 29.8 Å². The van der Waals surface area contributed by atoms with Gasteiger partial charge in [0.2, 0.25) is 0 Å². The molecule has 0 bridgehead atoms. The molecule has 0 saturated carbocycles. The molecular formula is C23H25ClN2O3. The van der Waals surface area contributed by atoms with Gasteiger partial charge >= 0.3 is 5.97 Å². The van der Waals surface area contributed by atoms with Crippen LogP contribution >= 0.6 is 11.6 Å². The van der Waals surface area contributed by atoms with Crippen molar-refractivity contribution in [2.45, 2.75) is 31.3 Å². The van der Waals surface area contributed by atoms with Crippen molar-refractivity contribution in [2.75, 3.05) is 32.1 Å². The minimum atomic E-state index is -0.810. The van der Waals surface area contributed by atoms with Crippen molar-refractivity contribution in [1.82, 2.24) is 4.90 Å². The van der Waals surface area contributed by atoms with Crippen LogP contribution in [0.5, 0.6) is 0 Å². The first kappa shape index (κ1) is 19.9. The summed E-state index contributed by atoms with van der Waals surface area (Å²) in [5, 5.41) is 0.660. The lowest BCUT2D eigenvalue weighted by atomic mass is 9.80. The van der Waals surface area contributed by atoms with Crippen molar-refractivity contribution < 1.29 is 14.3 Å². The van der Waals surface area contributed by atoms with Crippen molar-refractivity contribution in [1.29, 1.82) is 0 Å². The molecule has 2 unspecified atom stereocenters. The van der Waals surface area contributed by atoms with E-state index in [-0.39, 0.29) is 18.2 Å². The third-order valence-electron chi connectivity index (χ3n) is 6.31. The molecule has 5 nitrogen and oxygen atoms in total. The van der Waals surface area contributed by atoms with Crippen molar-refractivity contribution in [3.05, 3.63) is 64.2 Å². The lowest BCUT2D eigenvalue weighted by molar-refractivity contribution is -0.138. The van der Waals surface area contributed by atoms with Crippen LogP contribution in [0.3, 0.4) is 0 Å². The van der Waals surface area contributed by atoms with E-state index in [0.29, 0.717) is 17.0 Å². The number of hydrogen-bond acceptors (Lipinski definition) is 5. The number of anilines is 1. The first-order valence-electron chi connectivity index (χ1n) is 9.85. The van der Waals surface area contributed by atoms with E-state index < -0.39 is 11.8 Å². The largest absolute Gasteiger partial charge is 0.459 e. The Morgan fingerprint density at radius 2 is 1.90 bits per heavy atom. The molecule has 0 aliphatic carbocycles. The Kier molecular flexibility index (Phi) is 5.13. The zero-order valence-corrected chi connectivity index (χ0v) is 17.7. The van der Waals surface area contributed by atoms with Gasteiger partial charge in [-0.25, -0.2) is 4.79 Å². The highest BCUT2D eigenvalue weighted by Gasteiger charge is 2.52. The van der Waals surface area contributed by atoms with Gasteiger partial charge in [0.05, 0.1) is 12.8 Å². The Morgan fingerprint density at radius 3 is 2.62 bits per heavy atom. The molecule has 152 valence electrons. The number of ketones is 1. The highest BCUT2D eigenvalue weighted by molar-refractivity contribution is 6.40. The molecule has 0 aromatic heterocycles. The summed E-state index contributed by atoms with van der Waals surface area (Å²) < 4.78 is 5.22. The zero-order valence-electron chi connectivity index (χ0n) is 16.9. The van der Waals surface area contributed by atoms with Crippen LogP contribution in [0.2, 0.25) is 5.02 Å². The Hall–Kier alpha value is -2.37. The number of fused-ring (bicyclic) bond motifs is 3. The molecule has 6 heteroatoms. The van der Waals surface area contributed by atoms with Crippen LogP contribution in [-0.4, -0.2) is 50.1 Å². The molecule has 0 radical (unpaired) electrons. The van der Waals surface area contributed by atoms with Gasteiger partial charge in [-0.15, -0.1) is 0 Å². The predicted molar refractivity (Wildman–Crippen MR) is 114 cm³/mol. The minimum absolute atomic E-state index is 0.0480. The molecule has 2 atom stereocenters. The van der Waals surface area contributed by atoms with Crippen molar-refractivity contribution in [3.8, 4) is 0 Å². The van der Waals surface area contributed by atoms with Crippen LogP contribution in [0.4, 0.5) is 5.69 Å². The predicted octanol–water partition coefficient (Wildman–Crippen LogP) is 3.68. The Labute approximate surface area is 176 Å². The summed E-state index contributed by atoms with van der Waals surface area (Å²) in [7, 11) is 4.21. The van der Waals surface area contributed by atoms with Crippen molar-refractivity contribution in [3.63, 3.8) is 0 Å². The summed E-state index contributed by atoms with van der Waals surface area (Å²) in [5.41, 5.74) is 3.60. The van der Waals surface area contributed by atoms with Gasteiger partial charge in [-0.05, 0) is 54.9 Å². The maximum Gasteiger partial charge on any atom is 0.379 e. The Bertz CT molecular complexity index is 959. The lowest BCUT2D eigenvalue weighted by Gasteiger charge is -2.32. The van der Waals surface area contributed by atoms with Gasteiger partial charge in [0.15, 0.2) is 0 Å². The topological polar surface area (TPSA) is 49.9 Å². The number of hydrogen-bond donors (Lipinski definition) is 0. The first-order valence-corrected chi connectivity index (χ1v) is 10.2. The summed E-state index contributed by atoms with van der Waals surface area (Å²) in [6, 6.07) is 12.9. The second-order valence-corrected chi connectivity index (χ2v) is 8.64. The molecule has 0 N–H and O–H groups in total. The van der Waals surface area contributed by atoms with E-state index in [2.05, 4.69) is 30.8 Å². The number of halogens is 1. The fourth-order valence-corrected chi connectivity index (χ4v) is 4.94. The summed E-state index contributed by atoms with van der Waals surface area (Å²) in [5.74, 6) is -1.40. The smallest absolute Gasteiger partial charge is 0.379 e. The van der Waals surface area contributed by atoms with Gasteiger partial charge < -0.3 is 9.64 Å². The second kappa shape index (κ2) is 7.47. The molecule has 2 aliphatic rings. The SMILES string of the molecule is CN1CCC2(C)c3cc(C(=O)C(=O)OCCc4ccc(Cl)cc4)ccc3N(C)C12. The van der Waals surface area contributed by atoms with E-state index >= 15 is 0 Å². The summed E-state index contributed by atoms with van der Waals surface area (Å²) >= 11 is 5.87. The molecule has 2 aromatic carbocycles. The van der Waals surface area contributed by atoms with E-state index in [1.165, 1.54) is 0 Å². The Balaban J connectivity index is 1.45. The van der Waals surface area contributed by atoms with Crippen LogP contribution in [-0.2, 0) is 21.4 Å². The van der Waals surface area contributed by atoms with Gasteiger partial charge in [0.1, 0.15) is 0 Å². The molecule has 1 saturated heterocycles. The van der Waals surface area contributed by atoms with E-state index in [1.54, 1.807) is 18.2 Å². The van der Waals surface area contributed by atoms with Crippen LogP contribution < -0.4 is 4.90 Å². The number of Topliss-reactive ketones (excluding diaryl/α,β-unsaturated/α-hetero) is 1. The summed E-state index contributed by atoms with van der Waals surface area (Å²) in [6.45, 7) is 3.41. The molecule has 2 aliphatic heterocycles. The van der Waals surface area contributed by atoms with Gasteiger partial charge in [-0.3, -0.25) is 9.69 Å². The molecule has 29 heavy (non-hydrogen) atoms. The highest BCUT2D eigenvalue weighted by Crippen LogP contribution is 2.51. The van der Waals surface area contributed by atoms with Gasteiger partial charge in [0, 0.05) is 41.7 Å². The van der Waals surface area contributed by atoms with Gasteiger partial charge in [-0.1, -0.05) is 30.7 Å². The molecular weight excluding hydrogens is 388 g/mol. The molecule has 2 aromatic rings. The Morgan fingerprint density at radius 1 is 1.17 bits per heavy atom. The molecule has 1 fully saturated rings. The maximum absolute atomic E-state index is 12.7. The van der Waals surface area contributed by atoms with E-state index in [9.17, 15) is 9.59 Å². The normalized spacial score (nSPS) is 23.0. The second-order valence-electron chi connectivity index (χ2n) is 8.21. The summed E-state index contributed by atoms with van der Waals surface area (Å²) in [4.78, 5) is 29.6. The molecule has 4 rings (SSSR count). The summed E-state index contributed by atoms with van der Waals surface area (Å²) in [6.07, 6.45) is 1.83. The minimum Gasteiger partial charge on any atom is -0.459 e. The number of rotatable bonds is 5. The number of nitrogens with zero attached hydrogens (tertiary/aromatic N) is 2. The first-order chi connectivity index (χ1) is 13.8. The van der Waals surface area contributed by atoms with Crippen LogP contribution in [0.15, 0.2) is 42.5 Å². The third-order valence-corrected chi connectivity index (χ3v) is 6.57. The number of carbonyl (C=O) groups is 2. The number of likely N-dealkylation sites (tertiary alicyclic amines) is 1. The zero-order chi connectivity index (χ0) is 20.8. The lowest BCUT2D eigenvalue weighted by Crippen LogP contribution is -2.45. The third kappa shape index (κ3) is 3.43. The van der Waals surface area contributed by atoms with Crippen molar-refractivity contribution in [2.24, 2.45) is 0 Å². The quantitative estimate of drug-likeness (QED) is 0.426. The molecule has 0 spiro atoms. The number of carbonyl (C=O) groups excluding carboxylic acids is 2. The number of esters is 1. The van der Waals surface area contributed by atoms with E-state index in [4.69, 9.17) is 16.3 Å². The van der Waals surface area contributed by atoms with Crippen LogP contribution in [0, 0.1) is 0 Å². The fraction of sp³-hybridized carbons (Fsp3) is 0.391. The van der Waals surface area contributed by atoms with E-state index in [1.807, 2.05) is 24.3 Å². The van der Waals surface area contributed by atoms with Gasteiger partial charge in [0.25, 0.3) is 5.78 Å². The average molecular weight is 413 g/mol. The average Bonchev–Trinajstić information content (AvgIpc) is 3.14. The van der Waals surface area contributed by atoms with Crippen LogP contribution in [0.25, 0.3) is 0 Å². The highest BCUT2D eigenvalue weighted by atomic mass is 35.5. The number of ether oxygens (including phenoxy) is 1. The number of likely N-dealkylation sites (N-methyl/N-ethyl adjacent to an activating group) is 2. The van der Waals surface area contributed by atoms with Crippen molar-refractivity contribution >= 4 is 29.0 Å². The number of benzene rings is 2. The monoisotopic (exact) mass is 412 g/mol. The molecule has 0 amide bonds. The maximum atomic E-state index is 12.7.